The van der Waals surface area contributed by atoms with Crippen LogP contribution in [0.15, 0.2) is 53.2 Å². The summed E-state index contributed by atoms with van der Waals surface area (Å²) in [6.07, 6.45) is 3.10. The Morgan fingerprint density at radius 3 is 2.68 bits per heavy atom. The van der Waals surface area contributed by atoms with E-state index >= 15 is 0 Å². The average molecular weight is 336 g/mol. The van der Waals surface area contributed by atoms with Crippen molar-refractivity contribution in [3.8, 4) is 17.1 Å². The number of amides is 1. The number of rotatable bonds is 6. The lowest BCUT2D eigenvalue weighted by Gasteiger charge is -2.06. The van der Waals surface area contributed by atoms with Gasteiger partial charge in [-0.3, -0.25) is 9.59 Å². The van der Waals surface area contributed by atoms with Gasteiger partial charge in [-0.25, -0.2) is 4.98 Å². The van der Waals surface area contributed by atoms with E-state index in [1.54, 1.807) is 18.4 Å². The third-order valence-corrected chi connectivity index (χ3v) is 3.49. The number of nitrogens with zero attached hydrogens (tertiary/aromatic N) is 2. The van der Waals surface area contributed by atoms with Gasteiger partial charge in [0.1, 0.15) is 12.3 Å². The van der Waals surface area contributed by atoms with Crippen LogP contribution in [0.3, 0.4) is 0 Å². The van der Waals surface area contributed by atoms with Crippen LogP contribution < -0.4 is 10.1 Å². The molecule has 1 amide bonds. The molecule has 7 heteroatoms. The molecule has 0 spiro atoms. The summed E-state index contributed by atoms with van der Waals surface area (Å²) in [6.45, 7) is 0.0353. The number of carbonyl (C=O) groups excluding carboxylic acids is 2. The first kappa shape index (κ1) is 16.4. The van der Waals surface area contributed by atoms with Crippen LogP contribution in [0.4, 0.5) is 0 Å². The van der Waals surface area contributed by atoms with E-state index in [0.717, 1.165) is 5.56 Å². The Kier molecular flexibility index (Phi) is 4.84. The minimum absolute atomic E-state index is 0.0353. The highest BCUT2D eigenvalue weighted by Gasteiger charge is 2.23. The second-order valence-corrected chi connectivity index (χ2v) is 5.06. The van der Waals surface area contributed by atoms with Gasteiger partial charge in [0.05, 0.1) is 5.56 Å². The molecule has 1 radical (unpaired) electrons. The molecule has 7 nitrogen and oxygen atoms in total. The molecule has 125 valence electrons. The highest BCUT2D eigenvalue weighted by Crippen LogP contribution is 2.26. The molecule has 0 aliphatic carbocycles. The standard InChI is InChI=1S/C18H14N3O4/c1-19-18(23)17-14(11-24-15-8-7-12(10-22)9-20-15)16(21-25-17)13-5-3-2-4-6-13/h2-9H,11H2,1H3,(H,19,23). The molecular weight excluding hydrogens is 322 g/mol. The number of aromatic nitrogens is 2. The smallest absolute Gasteiger partial charge is 0.290 e. The lowest BCUT2D eigenvalue weighted by molar-refractivity contribution is 0.0923. The Hall–Kier alpha value is -3.48. The molecule has 2 heterocycles. The molecule has 0 saturated carbocycles. The monoisotopic (exact) mass is 336 g/mol. The second kappa shape index (κ2) is 7.39. The number of hydrogen-bond donors (Lipinski definition) is 1. The van der Waals surface area contributed by atoms with Crippen molar-refractivity contribution in [1.29, 1.82) is 0 Å². The van der Waals surface area contributed by atoms with Gasteiger partial charge >= 0.3 is 0 Å². The lowest BCUT2D eigenvalue weighted by Crippen LogP contribution is -2.19. The zero-order valence-electron chi connectivity index (χ0n) is 13.4. The van der Waals surface area contributed by atoms with Crippen LogP contribution >= 0.6 is 0 Å². The fourth-order valence-corrected chi connectivity index (χ4v) is 2.23. The Morgan fingerprint density at radius 1 is 1.24 bits per heavy atom. The topological polar surface area (TPSA) is 94.3 Å². The minimum atomic E-state index is -0.396. The molecule has 0 fully saturated rings. The number of hydrogen-bond acceptors (Lipinski definition) is 6. The normalized spacial score (nSPS) is 10.3. The Balaban J connectivity index is 1.90. The van der Waals surface area contributed by atoms with E-state index < -0.39 is 5.91 Å². The van der Waals surface area contributed by atoms with Crippen molar-refractivity contribution in [1.82, 2.24) is 15.5 Å². The van der Waals surface area contributed by atoms with Crippen molar-refractivity contribution < 1.29 is 18.8 Å². The molecule has 3 rings (SSSR count). The number of benzene rings is 1. The van der Waals surface area contributed by atoms with E-state index in [1.165, 1.54) is 13.2 Å². The summed E-state index contributed by atoms with van der Waals surface area (Å²) < 4.78 is 10.8. The SMILES string of the molecule is CNC(=O)c1onc(-c2ccccc2)c1COc1ccc([C]=O)cn1. The number of pyridine rings is 1. The van der Waals surface area contributed by atoms with Crippen LogP contribution in [0.1, 0.15) is 21.7 Å². The Morgan fingerprint density at radius 2 is 2.04 bits per heavy atom. The molecule has 0 unspecified atom stereocenters. The second-order valence-electron chi connectivity index (χ2n) is 5.06. The number of carbonyl (C=O) groups is 1. The Labute approximate surface area is 143 Å². The summed E-state index contributed by atoms with van der Waals surface area (Å²) in [7, 11) is 1.51. The quantitative estimate of drug-likeness (QED) is 0.741. The van der Waals surface area contributed by atoms with Gasteiger partial charge in [0.2, 0.25) is 17.9 Å². The molecular formula is C18H14N3O4. The molecule has 0 aliphatic heterocycles. The largest absolute Gasteiger partial charge is 0.473 e. The van der Waals surface area contributed by atoms with E-state index in [-0.39, 0.29) is 12.4 Å². The summed E-state index contributed by atoms with van der Waals surface area (Å²) in [5.74, 6) is -0.00610. The van der Waals surface area contributed by atoms with Crippen LogP contribution in [0.5, 0.6) is 5.88 Å². The highest BCUT2D eigenvalue weighted by molar-refractivity contribution is 5.94. The van der Waals surface area contributed by atoms with Crippen molar-refractivity contribution in [2.24, 2.45) is 0 Å². The van der Waals surface area contributed by atoms with E-state index in [4.69, 9.17) is 9.26 Å². The molecule has 1 aromatic carbocycles. The van der Waals surface area contributed by atoms with Crippen molar-refractivity contribution in [2.45, 2.75) is 6.61 Å². The van der Waals surface area contributed by atoms with Gasteiger partial charge in [-0.1, -0.05) is 35.5 Å². The van der Waals surface area contributed by atoms with Crippen LogP contribution in [-0.4, -0.2) is 29.4 Å². The number of ether oxygens (including phenoxy) is 1. The molecule has 0 bridgehead atoms. The first-order valence-corrected chi connectivity index (χ1v) is 7.46. The van der Waals surface area contributed by atoms with Crippen molar-refractivity contribution >= 4 is 12.2 Å². The maximum Gasteiger partial charge on any atom is 0.290 e. The highest BCUT2D eigenvalue weighted by atomic mass is 16.5. The maximum atomic E-state index is 12.0. The Bertz CT molecular complexity index is 873. The molecule has 1 N–H and O–H groups in total. The summed E-state index contributed by atoms with van der Waals surface area (Å²) in [6, 6.07) is 12.4. The summed E-state index contributed by atoms with van der Waals surface area (Å²) in [4.78, 5) is 26.6. The van der Waals surface area contributed by atoms with Crippen LogP contribution in [0.25, 0.3) is 11.3 Å². The summed E-state index contributed by atoms with van der Waals surface area (Å²) >= 11 is 0. The zero-order valence-corrected chi connectivity index (χ0v) is 13.4. The van der Waals surface area contributed by atoms with E-state index in [0.29, 0.717) is 22.7 Å². The minimum Gasteiger partial charge on any atom is -0.473 e. The van der Waals surface area contributed by atoms with Crippen molar-refractivity contribution in [3.05, 3.63) is 65.5 Å². The third-order valence-electron chi connectivity index (χ3n) is 3.49. The van der Waals surface area contributed by atoms with Crippen LogP contribution in [-0.2, 0) is 11.4 Å². The number of nitrogens with one attached hydrogen (secondary N) is 1. The molecule has 3 aromatic rings. The molecule has 0 saturated heterocycles. The third kappa shape index (κ3) is 3.55. The van der Waals surface area contributed by atoms with E-state index in [2.05, 4.69) is 15.5 Å². The maximum absolute atomic E-state index is 12.0. The van der Waals surface area contributed by atoms with Crippen molar-refractivity contribution in [3.63, 3.8) is 0 Å². The molecule has 0 aliphatic rings. The van der Waals surface area contributed by atoms with Gasteiger partial charge in [-0.2, -0.15) is 0 Å². The van der Waals surface area contributed by atoms with E-state index in [1.807, 2.05) is 30.3 Å². The van der Waals surface area contributed by atoms with Crippen LogP contribution in [0.2, 0.25) is 0 Å². The van der Waals surface area contributed by atoms with Gasteiger partial charge in [-0.15, -0.1) is 0 Å². The van der Waals surface area contributed by atoms with Gasteiger partial charge in [0.15, 0.2) is 0 Å². The molecule has 25 heavy (non-hydrogen) atoms. The summed E-state index contributed by atoms with van der Waals surface area (Å²) in [5.41, 5.74) is 2.17. The van der Waals surface area contributed by atoms with E-state index in [9.17, 15) is 9.59 Å². The fourth-order valence-electron chi connectivity index (χ4n) is 2.23. The van der Waals surface area contributed by atoms with Gasteiger partial charge < -0.3 is 14.6 Å². The van der Waals surface area contributed by atoms with Gasteiger partial charge in [0.25, 0.3) is 5.91 Å². The van der Waals surface area contributed by atoms with Crippen LogP contribution in [0, 0.1) is 0 Å². The first-order chi connectivity index (χ1) is 12.2. The fraction of sp³-hybridized carbons (Fsp3) is 0.111. The summed E-state index contributed by atoms with van der Waals surface area (Å²) in [5, 5.41) is 6.52. The predicted molar refractivity (Wildman–Crippen MR) is 88.7 cm³/mol. The molecule has 0 atom stereocenters. The predicted octanol–water partition coefficient (Wildman–Crippen LogP) is 2.13. The van der Waals surface area contributed by atoms with Gasteiger partial charge in [0, 0.05) is 30.4 Å². The van der Waals surface area contributed by atoms with Crippen molar-refractivity contribution in [2.75, 3.05) is 7.05 Å². The zero-order chi connectivity index (χ0) is 17.6. The van der Waals surface area contributed by atoms with Gasteiger partial charge in [-0.05, 0) is 6.07 Å². The first-order valence-electron chi connectivity index (χ1n) is 7.46. The lowest BCUT2D eigenvalue weighted by atomic mass is 10.1. The molecule has 2 aromatic heterocycles. The average Bonchev–Trinajstić information content (AvgIpc) is 3.10.